The third-order valence-corrected chi connectivity index (χ3v) is 5.00. The first kappa shape index (κ1) is 15.0. The van der Waals surface area contributed by atoms with E-state index in [9.17, 15) is 0 Å². The standard InChI is InChI=1S/C25H18O/c1-2-8-20(9-3-1)26-21-15-13-18(14-16-21)22-11-6-12-24-23-10-5-4-7-19(23)17-25(22)24/h1-16H,17H2. The largest absolute Gasteiger partial charge is 0.457 e. The van der Waals surface area contributed by atoms with Gasteiger partial charge in [0.05, 0.1) is 0 Å². The number of fused-ring (bicyclic) bond motifs is 3. The Balaban J connectivity index is 1.48. The maximum atomic E-state index is 5.91. The van der Waals surface area contributed by atoms with Gasteiger partial charge in [0.15, 0.2) is 0 Å². The molecule has 1 nitrogen and oxygen atoms in total. The quantitative estimate of drug-likeness (QED) is 0.356. The van der Waals surface area contributed by atoms with Crippen LogP contribution in [0.1, 0.15) is 11.1 Å². The Kier molecular flexibility index (Phi) is 3.57. The van der Waals surface area contributed by atoms with Crippen LogP contribution in [0.3, 0.4) is 0 Å². The molecule has 0 saturated carbocycles. The molecular formula is C25H18O. The Labute approximate surface area is 153 Å². The molecule has 0 amide bonds. The molecule has 4 aromatic carbocycles. The number of benzene rings is 4. The highest BCUT2D eigenvalue weighted by molar-refractivity contribution is 5.84. The molecule has 124 valence electrons. The van der Waals surface area contributed by atoms with Crippen molar-refractivity contribution in [1.29, 1.82) is 0 Å². The molecule has 1 aliphatic carbocycles. The van der Waals surface area contributed by atoms with Crippen LogP contribution in [-0.4, -0.2) is 0 Å². The highest BCUT2D eigenvalue weighted by atomic mass is 16.5. The second kappa shape index (κ2) is 6.20. The van der Waals surface area contributed by atoms with Crippen molar-refractivity contribution in [3.63, 3.8) is 0 Å². The third-order valence-electron chi connectivity index (χ3n) is 5.00. The zero-order valence-electron chi connectivity index (χ0n) is 14.4. The first-order chi connectivity index (χ1) is 12.9. The molecule has 0 heterocycles. The first-order valence-corrected chi connectivity index (χ1v) is 8.92. The van der Waals surface area contributed by atoms with E-state index in [0.717, 1.165) is 17.9 Å². The first-order valence-electron chi connectivity index (χ1n) is 8.92. The van der Waals surface area contributed by atoms with E-state index >= 15 is 0 Å². The summed E-state index contributed by atoms with van der Waals surface area (Å²) in [6, 6.07) is 33.6. The molecule has 0 aromatic heterocycles. The summed E-state index contributed by atoms with van der Waals surface area (Å²) in [4.78, 5) is 0. The second-order valence-corrected chi connectivity index (χ2v) is 6.61. The predicted octanol–water partition coefficient (Wildman–Crippen LogP) is 6.72. The van der Waals surface area contributed by atoms with Crippen LogP contribution in [0.2, 0.25) is 0 Å². The molecule has 0 aliphatic heterocycles. The van der Waals surface area contributed by atoms with Gasteiger partial charge in [-0.2, -0.15) is 0 Å². The molecule has 0 fully saturated rings. The van der Waals surface area contributed by atoms with E-state index in [2.05, 4.69) is 54.6 Å². The van der Waals surface area contributed by atoms with Gasteiger partial charge in [0.2, 0.25) is 0 Å². The zero-order valence-corrected chi connectivity index (χ0v) is 14.4. The molecule has 5 rings (SSSR count). The smallest absolute Gasteiger partial charge is 0.127 e. The Bertz CT molecular complexity index is 1060. The van der Waals surface area contributed by atoms with Crippen LogP contribution in [0, 0.1) is 0 Å². The van der Waals surface area contributed by atoms with E-state index < -0.39 is 0 Å². The SMILES string of the molecule is c1ccc(Oc2ccc(-c3cccc4c3Cc3ccccc3-4)cc2)cc1. The second-order valence-electron chi connectivity index (χ2n) is 6.61. The summed E-state index contributed by atoms with van der Waals surface area (Å²) in [5.41, 5.74) is 8.11. The van der Waals surface area contributed by atoms with Crippen molar-refractivity contribution in [2.75, 3.05) is 0 Å². The van der Waals surface area contributed by atoms with Gasteiger partial charge in [0.1, 0.15) is 11.5 Å². The summed E-state index contributed by atoms with van der Waals surface area (Å²) in [5.74, 6) is 1.71. The molecule has 0 unspecified atom stereocenters. The normalized spacial score (nSPS) is 11.7. The molecule has 0 atom stereocenters. The van der Waals surface area contributed by atoms with Gasteiger partial charge in [-0.1, -0.05) is 72.8 Å². The van der Waals surface area contributed by atoms with Crippen molar-refractivity contribution in [2.24, 2.45) is 0 Å². The van der Waals surface area contributed by atoms with Gasteiger partial charge in [-0.25, -0.2) is 0 Å². The summed E-state index contributed by atoms with van der Waals surface area (Å²) in [6.45, 7) is 0. The Morgan fingerprint density at radius 1 is 0.500 bits per heavy atom. The number of para-hydroxylation sites is 1. The van der Waals surface area contributed by atoms with Gasteiger partial charge in [0, 0.05) is 0 Å². The van der Waals surface area contributed by atoms with Crippen molar-refractivity contribution < 1.29 is 4.74 Å². The van der Waals surface area contributed by atoms with E-state index in [4.69, 9.17) is 4.74 Å². The van der Waals surface area contributed by atoms with Crippen molar-refractivity contribution in [3.05, 3.63) is 108 Å². The molecule has 4 aromatic rings. The molecule has 0 saturated heterocycles. The Morgan fingerprint density at radius 2 is 1.15 bits per heavy atom. The van der Waals surface area contributed by atoms with Crippen molar-refractivity contribution in [1.82, 2.24) is 0 Å². The van der Waals surface area contributed by atoms with Crippen LogP contribution >= 0.6 is 0 Å². The van der Waals surface area contributed by atoms with Crippen LogP contribution in [0.4, 0.5) is 0 Å². The molecule has 0 spiro atoms. The fourth-order valence-electron chi connectivity index (χ4n) is 3.75. The number of ether oxygens (including phenoxy) is 1. The average Bonchev–Trinajstić information content (AvgIpc) is 3.08. The van der Waals surface area contributed by atoms with E-state index in [1.807, 2.05) is 42.5 Å². The van der Waals surface area contributed by atoms with Gasteiger partial charge >= 0.3 is 0 Å². The summed E-state index contributed by atoms with van der Waals surface area (Å²) in [7, 11) is 0. The van der Waals surface area contributed by atoms with E-state index in [-0.39, 0.29) is 0 Å². The molecule has 26 heavy (non-hydrogen) atoms. The van der Waals surface area contributed by atoms with Crippen LogP contribution in [0.5, 0.6) is 11.5 Å². The zero-order chi connectivity index (χ0) is 17.3. The Morgan fingerprint density at radius 3 is 2.00 bits per heavy atom. The minimum absolute atomic E-state index is 0.857. The molecule has 0 radical (unpaired) electrons. The molecular weight excluding hydrogens is 316 g/mol. The highest BCUT2D eigenvalue weighted by Gasteiger charge is 2.20. The summed E-state index contributed by atoms with van der Waals surface area (Å²) in [6.07, 6.45) is 1.00. The van der Waals surface area contributed by atoms with Crippen molar-refractivity contribution in [2.45, 2.75) is 6.42 Å². The minimum atomic E-state index is 0.857. The lowest BCUT2D eigenvalue weighted by Gasteiger charge is -2.10. The number of hydrogen-bond donors (Lipinski definition) is 0. The van der Waals surface area contributed by atoms with E-state index in [0.29, 0.717) is 0 Å². The minimum Gasteiger partial charge on any atom is -0.457 e. The van der Waals surface area contributed by atoms with E-state index in [1.165, 1.54) is 33.4 Å². The monoisotopic (exact) mass is 334 g/mol. The van der Waals surface area contributed by atoms with Crippen molar-refractivity contribution >= 4 is 0 Å². The molecule has 0 N–H and O–H groups in total. The third kappa shape index (κ3) is 2.58. The topological polar surface area (TPSA) is 9.23 Å². The lowest BCUT2D eigenvalue weighted by Crippen LogP contribution is -1.88. The van der Waals surface area contributed by atoms with Gasteiger partial charge in [-0.05, 0) is 64.1 Å². The van der Waals surface area contributed by atoms with Gasteiger partial charge in [0.25, 0.3) is 0 Å². The summed E-state index contributed by atoms with van der Waals surface area (Å²) in [5, 5.41) is 0. The lowest BCUT2D eigenvalue weighted by atomic mass is 9.96. The van der Waals surface area contributed by atoms with Crippen LogP contribution < -0.4 is 4.74 Å². The predicted molar refractivity (Wildman–Crippen MR) is 107 cm³/mol. The van der Waals surface area contributed by atoms with Crippen LogP contribution in [0.25, 0.3) is 22.3 Å². The van der Waals surface area contributed by atoms with Gasteiger partial charge in [-0.3, -0.25) is 0 Å². The van der Waals surface area contributed by atoms with Crippen LogP contribution in [0.15, 0.2) is 97.1 Å². The van der Waals surface area contributed by atoms with Crippen LogP contribution in [-0.2, 0) is 6.42 Å². The molecule has 1 heteroatoms. The highest BCUT2D eigenvalue weighted by Crippen LogP contribution is 2.41. The summed E-state index contributed by atoms with van der Waals surface area (Å²) >= 11 is 0. The lowest BCUT2D eigenvalue weighted by molar-refractivity contribution is 0.483. The fourth-order valence-corrected chi connectivity index (χ4v) is 3.75. The van der Waals surface area contributed by atoms with Gasteiger partial charge < -0.3 is 4.74 Å². The van der Waals surface area contributed by atoms with E-state index in [1.54, 1.807) is 0 Å². The van der Waals surface area contributed by atoms with Crippen molar-refractivity contribution in [3.8, 4) is 33.8 Å². The number of hydrogen-bond acceptors (Lipinski definition) is 1. The Hall–Kier alpha value is -3.32. The number of rotatable bonds is 3. The van der Waals surface area contributed by atoms with Gasteiger partial charge in [-0.15, -0.1) is 0 Å². The average molecular weight is 334 g/mol. The maximum Gasteiger partial charge on any atom is 0.127 e. The molecule has 0 bridgehead atoms. The molecule has 1 aliphatic rings. The maximum absolute atomic E-state index is 5.91. The fraction of sp³-hybridized carbons (Fsp3) is 0.0400. The summed E-state index contributed by atoms with van der Waals surface area (Å²) < 4.78 is 5.91.